The number of allylic oxidation sites excluding steroid dienone is 1. The zero-order valence-electron chi connectivity index (χ0n) is 13.3. The van der Waals surface area contributed by atoms with Crippen LogP contribution in [-0.4, -0.2) is 14.2 Å². The first-order chi connectivity index (χ1) is 10.8. The van der Waals surface area contributed by atoms with E-state index in [0.717, 1.165) is 5.56 Å². The lowest BCUT2D eigenvalue weighted by Gasteiger charge is -2.09. The summed E-state index contributed by atoms with van der Waals surface area (Å²) < 4.78 is 25.4. The Balaban J connectivity index is 2.37. The second kappa shape index (κ2) is 6.92. The quantitative estimate of drug-likeness (QED) is 0.755. The topological polar surface area (TPSA) is 51.2 Å². The molecular weight excluding hydrogens is 308 g/mol. The van der Waals surface area contributed by atoms with E-state index in [9.17, 15) is 13.2 Å². The molecule has 0 saturated carbocycles. The van der Waals surface area contributed by atoms with Crippen LogP contribution in [0.1, 0.15) is 30.9 Å². The van der Waals surface area contributed by atoms with Crippen molar-refractivity contribution < 1.29 is 13.2 Å². The minimum atomic E-state index is -3.58. The zero-order chi connectivity index (χ0) is 17.0. The van der Waals surface area contributed by atoms with Gasteiger partial charge in [-0.2, -0.15) is 0 Å². The molecule has 0 aliphatic rings. The molecule has 3 nitrogen and oxygen atoms in total. The van der Waals surface area contributed by atoms with Crippen LogP contribution in [0.15, 0.2) is 71.0 Å². The van der Waals surface area contributed by atoms with Crippen LogP contribution in [0.2, 0.25) is 0 Å². The number of rotatable bonds is 6. The fourth-order valence-electron chi connectivity index (χ4n) is 2.26. The summed E-state index contributed by atoms with van der Waals surface area (Å²) in [5, 5.41) is 0. The van der Waals surface area contributed by atoms with E-state index in [-0.39, 0.29) is 22.0 Å². The standard InChI is InChI=1S/C19H20O3S/c1-4-17(20)12-15-6-5-7-19(13-15)23(21,22)18-10-8-16(9-11-18)14(2)3/h4-11,13-14H,1,12H2,2-3H3. The maximum Gasteiger partial charge on any atom is 0.206 e. The highest BCUT2D eigenvalue weighted by atomic mass is 32.2. The Labute approximate surface area is 137 Å². The summed E-state index contributed by atoms with van der Waals surface area (Å²) in [6, 6.07) is 13.4. The minimum absolute atomic E-state index is 0.138. The first-order valence-corrected chi connectivity index (χ1v) is 8.92. The van der Waals surface area contributed by atoms with E-state index in [0.29, 0.717) is 11.5 Å². The Morgan fingerprint density at radius 3 is 2.30 bits per heavy atom. The lowest BCUT2D eigenvalue weighted by atomic mass is 10.0. The van der Waals surface area contributed by atoms with Crippen LogP contribution in [0.25, 0.3) is 0 Å². The average molecular weight is 328 g/mol. The molecule has 0 aromatic heterocycles. The Bertz CT molecular complexity index is 816. The van der Waals surface area contributed by atoms with E-state index in [1.807, 2.05) is 12.1 Å². The number of hydrogen-bond acceptors (Lipinski definition) is 3. The van der Waals surface area contributed by atoms with Crippen molar-refractivity contribution in [3.63, 3.8) is 0 Å². The fourth-order valence-corrected chi connectivity index (χ4v) is 3.59. The molecule has 2 aromatic rings. The molecule has 0 aliphatic heterocycles. The molecule has 0 spiro atoms. The van der Waals surface area contributed by atoms with Gasteiger partial charge in [0.1, 0.15) is 0 Å². The lowest BCUT2D eigenvalue weighted by molar-refractivity contribution is -0.114. The summed E-state index contributed by atoms with van der Waals surface area (Å²) in [5.74, 6) is 0.209. The molecule has 0 radical (unpaired) electrons. The summed E-state index contributed by atoms with van der Waals surface area (Å²) in [6.07, 6.45) is 1.39. The fraction of sp³-hybridized carbons (Fsp3) is 0.211. The van der Waals surface area contributed by atoms with Gasteiger partial charge in [0, 0.05) is 6.42 Å². The molecule has 0 fully saturated rings. The smallest absolute Gasteiger partial charge is 0.206 e. The van der Waals surface area contributed by atoms with Gasteiger partial charge in [-0.3, -0.25) is 4.79 Å². The van der Waals surface area contributed by atoms with Crippen molar-refractivity contribution in [1.82, 2.24) is 0 Å². The lowest BCUT2D eigenvalue weighted by Crippen LogP contribution is -2.04. The first kappa shape index (κ1) is 17.2. The minimum Gasteiger partial charge on any atom is -0.295 e. The second-order valence-corrected chi connectivity index (χ2v) is 7.67. The van der Waals surface area contributed by atoms with Gasteiger partial charge in [-0.15, -0.1) is 0 Å². The van der Waals surface area contributed by atoms with E-state index in [4.69, 9.17) is 0 Å². The molecule has 2 rings (SSSR count). The van der Waals surface area contributed by atoms with Crippen LogP contribution in [0.5, 0.6) is 0 Å². The van der Waals surface area contributed by atoms with Crippen LogP contribution in [0.4, 0.5) is 0 Å². The molecule has 0 N–H and O–H groups in total. The van der Waals surface area contributed by atoms with E-state index in [1.54, 1.807) is 36.4 Å². The van der Waals surface area contributed by atoms with Crippen molar-refractivity contribution in [2.45, 2.75) is 36.0 Å². The molecule has 0 amide bonds. The highest BCUT2D eigenvalue weighted by Crippen LogP contribution is 2.24. The molecular formula is C19H20O3S. The van der Waals surface area contributed by atoms with Crippen LogP contribution in [0, 0.1) is 0 Å². The molecule has 0 unspecified atom stereocenters. The largest absolute Gasteiger partial charge is 0.295 e. The van der Waals surface area contributed by atoms with E-state index in [2.05, 4.69) is 20.4 Å². The molecule has 2 aromatic carbocycles. The van der Waals surface area contributed by atoms with Gasteiger partial charge in [0.2, 0.25) is 9.84 Å². The molecule has 4 heteroatoms. The number of carbonyl (C=O) groups is 1. The average Bonchev–Trinajstić information content (AvgIpc) is 2.55. The Hall–Kier alpha value is -2.20. The molecule has 120 valence electrons. The van der Waals surface area contributed by atoms with Gasteiger partial charge in [0.05, 0.1) is 9.79 Å². The van der Waals surface area contributed by atoms with E-state index in [1.165, 1.54) is 6.08 Å². The molecule has 0 heterocycles. The maximum atomic E-state index is 12.7. The van der Waals surface area contributed by atoms with E-state index >= 15 is 0 Å². The predicted octanol–water partition coefficient (Wildman–Crippen LogP) is 3.94. The van der Waals surface area contributed by atoms with Gasteiger partial charge in [-0.25, -0.2) is 8.42 Å². The van der Waals surface area contributed by atoms with Gasteiger partial charge in [-0.05, 0) is 47.4 Å². The number of carbonyl (C=O) groups excluding carboxylic acids is 1. The third-order valence-corrected chi connectivity index (χ3v) is 5.44. The summed E-state index contributed by atoms with van der Waals surface area (Å²) >= 11 is 0. The molecule has 0 aliphatic carbocycles. The molecule has 0 saturated heterocycles. The normalized spacial score (nSPS) is 11.4. The number of benzene rings is 2. The van der Waals surface area contributed by atoms with Gasteiger partial charge in [-0.1, -0.05) is 44.7 Å². The Morgan fingerprint density at radius 1 is 1.09 bits per heavy atom. The molecule has 23 heavy (non-hydrogen) atoms. The predicted molar refractivity (Wildman–Crippen MR) is 91.3 cm³/mol. The highest BCUT2D eigenvalue weighted by molar-refractivity contribution is 7.91. The van der Waals surface area contributed by atoms with E-state index < -0.39 is 9.84 Å². The first-order valence-electron chi connectivity index (χ1n) is 7.44. The van der Waals surface area contributed by atoms with Gasteiger partial charge in [0.15, 0.2) is 5.78 Å². The maximum absolute atomic E-state index is 12.7. The SMILES string of the molecule is C=CC(=O)Cc1cccc(S(=O)(=O)c2ccc(C(C)C)cc2)c1. The summed E-state index contributed by atoms with van der Waals surface area (Å²) in [4.78, 5) is 11.9. The molecule has 0 atom stereocenters. The number of hydrogen-bond donors (Lipinski definition) is 0. The van der Waals surface area contributed by atoms with Crippen molar-refractivity contribution in [3.8, 4) is 0 Å². The summed E-state index contributed by atoms with van der Waals surface area (Å²) in [5.41, 5.74) is 1.75. The zero-order valence-corrected chi connectivity index (χ0v) is 14.1. The Kier molecular flexibility index (Phi) is 5.16. The van der Waals surface area contributed by atoms with Crippen molar-refractivity contribution in [2.75, 3.05) is 0 Å². The Morgan fingerprint density at radius 2 is 1.74 bits per heavy atom. The third kappa shape index (κ3) is 3.96. The number of sulfone groups is 1. The van der Waals surface area contributed by atoms with Crippen molar-refractivity contribution in [1.29, 1.82) is 0 Å². The monoisotopic (exact) mass is 328 g/mol. The van der Waals surface area contributed by atoms with Crippen LogP contribution >= 0.6 is 0 Å². The van der Waals surface area contributed by atoms with Crippen molar-refractivity contribution in [3.05, 3.63) is 72.3 Å². The summed E-state index contributed by atoms with van der Waals surface area (Å²) in [7, 11) is -3.58. The van der Waals surface area contributed by atoms with Gasteiger partial charge < -0.3 is 0 Å². The molecule has 0 bridgehead atoms. The van der Waals surface area contributed by atoms with Crippen LogP contribution < -0.4 is 0 Å². The van der Waals surface area contributed by atoms with Crippen LogP contribution in [-0.2, 0) is 21.1 Å². The second-order valence-electron chi connectivity index (χ2n) is 5.72. The van der Waals surface area contributed by atoms with Crippen molar-refractivity contribution in [2.24, 2.45) is 0 Å². The summed E-state index contributed by atoms with van der Waals surface area (Å²) in [6.45, 7) is 7.55. The number of ketones is 1. The van der Waals surface area contributed by atoms with Crippen molar-refractivity contribution >= 4 is 15.6 Å². The van der Waals surface area contributed by atoms with Gasteiger partial charge in [0.25, 0.3) is 0 Å². The third-order valence-electron chi connectivity index (χ3n) is 3.67. The highest BCUT2D eigenvalue weighted by Gasteiger charge is 2.18. The van der Waals surface area contributed by atoms with Gasteiger partial charge >= 0.3 is 0 Å². The van der Waals surface area contributed by atoms with Crippen LogP contribution in [0.3, 0.4) is 0 Å².